The van der Waals surface area contributed by atoms with Crippen molar-refractivity contribution < 1.29 is 9.53 Å². The van der Waals surface area contributed by atoms with E-state index in [4.69, 9.17) is 4.74 Å². The van der Waals surface area contributed by atoms with Gasteiger partial charge in [-0.25, -0.2) is 4.68 Å². The summed E-state index contributed by atoms with van der Waals surface area (Å²) in [6, 6.07) is 14.4. The summed E-state index contributed by atoms with van der Waals surface area (Å²) < 4.78 is 6.84. The normalized spacial score (nSPS) is 12.0. The standard InChI is InChI=1S/C21H23N3O3/c1-4-24-21(26)18-12-7-6-11-17(18)19(23-24)20(25)22-14(3)15-9-8-10-16(13-15)27-5-2/h6-14H,4-5H2,1-3H3,(H,22,25). The van der Waals surface area contributed by atoms with Crippen LogP contribution < -0.4 is 15.6 Å². The van der Waals surface area contributed by atoms with E-state index in [1.165, 1.54) is 4.68 Å². The lowest BCUT2D eigenvalue weighted by atomic mass is 10.1. The van der Waals surface area contributed by atoms with Gasteiger partial charge >= 0.3 is 0 Å². The highest BCUT2D eigenvalue weighted by atomic mass is 16.5. The number of carbonyl (C=O) groups is 1. The topological polar surface area (TPSA) is 73.2 Å². The molecule has 0 aliphatic heterocycles. The molecular weight excluding hydrogens is 342 g/mol. The third-order valence-corrected chi connectivity index (χ3v) is 4.40. The van der Waals surface area contributed by atoms with Crippen LogP contribution in [0.4, 0.5) is 0 Å². The Morgan fingerprint density at radius 3 is 2.59 bits per heavy atom. The molecule has 0 aliphatic carbocycles. The Bertz CT molecular complexity index is 1030. The molecule has 27 heavy (non-hydrogen) atoms. The molecule has 0 fully saturated rings. The summed E-state index contributed by atoms with van der Waals surface area (Å²) >= 11 is 0. The summed E-state index contributed by atoms with van der Waals surface area (Å²) in [5, 5.41) is 8.30. The Hall–Kier alpha value is -3.15. The number of aromatic nitrogens is 2. The Labute approximate surface area is 157 Å². The summed E-state index contributed by atoms with van der Waals surface area (Å²) in [4.78, 5) is 25.3. The molecule has 1 heterocycles. The molecule has 0 saturated carbocycles. The fraction of sp³-hybridized carbons (Fsp3) is 0.286. The van der Waals surface area contributed by atoms with E-state index in [2.05, 4.69) is 10.4 Å². The first-order chi connectivity index (χ1) is 13.0. The van der Waals surface area contributed by atoms with Crippen LogP contribution in [-0.4, -0.2) is 22.3 Å². The minimum absolute atomic E-state index is 0.192. The zero-order valence-electron chi connectivity index (χ0n) is 15.7. The highest BCUT2D eigenvalue weighted by Crippen LogP contribution is 2.20. The molecule has 2 aromatic carbocycles. The molecule has 1 aromatic heterocycles. The van der Waals surface area contributed by atoms with Gasteiger partial charge in [-0.3, -0.25) is 9.59 Å². The van der Waals surface area contributed by atoms with Crippen LogP contribution in [0.3, 0.4) is 0 Å². The van der Waals surface area contributed by atoms with Gasteiger partial charge in [-0.1, -0.05) is 30.3 Å². The fourth-order valence-electron chi connectivity index (χ4n) is 3.01. The number of nitrogens with zero attached hydrogens (tertiary/aromatic N) is 2. The number of nitrogens with one attached hydrogen (secondary N) is 1. The van der Waals surface area contributed by atoms with Gasteiger partial charge in [0.15, 0.2) is 5.69 Å². The van der Waals surface area contributed by atoms with E-state index in [0.717, 1.165) is 11.3 Å². The van der Waals surface area contributed by atoms with E-state index in [1.54, 1.807) is 24.3 Å². The van der Waals surface area contributed by atoms with Gasteiger partial charge in [-0.2, -0.15) is 5.10 Å². The van der Waals surface area contributed by atoms with Gasteiger partial charge in [0.25, 0.3) is 11.5 Å². The van der Waals surface area contributed by atoms with Gasteiger partial charge in [0, 0.05) is 11.9 Å². The second-order valence-corrected chi connectivity index (χ2v) is 6.22. The van der Waals surface area contributed by atoms with E-state index in [0.29, 0.717) is 23.9 Å². The second kappa shape index (κ2) is 8.03. The van der Waals surface area contributed by atoms with Gasteiger partial charge in [0.1, 0.15) is 5.75 Å². The molecule has 140 valence electrons. The van der Waals surface area contributed by atoms with Crippen molar-refractivity contribution in [2.45, 2.75) is 33.4 Å². The van der Waals surface area contributed by atoms with E-state index < -0.39 is 0 Å². The molecule has 1 atom stereocenters. The van der Waals surface area contributed by atoms with Crippen LogP contribution >= 0.6 is 0 Å². The molecule has 0 spiro atoms. The molecule has 0 bridgehead atoms. The first-order valence-corrected chi connectivity index (χ1v) is 9.08. The smallest absolute Gasteiger partial charge is 0.274 e. The molecule has 6 heteroatoms. The van der Waals surface area contributed by atoms with Crippen molar-refractivity contribution in [2.75, 3.05) is 6.61 Å². The average Bonchev–Trinajstić information content (AvgIpc) is 2.69. The maximum absolute atomic E-state index is 12.9. The van der Waals surface area contributed by atoms with Crippen LogP contribution in [0.15, 0.2) is 53.3 Å². The zero-order chi connectivity index (χ0) is 19.4. The van der Waals surface area contributed by atoms with Crippen LogP contribution in [0.2, 0.25) is 0 Å². The van der Waals surface area contributed by atoms with E-state index in [-0.39, 0.29) is 23.2 Å². The number of ether oxygens (including phenoxy) is 1. The molecule has 0 aliphatic rings. The molecule has 3 rings (SSSR count). The molecule has 3 aromatic rings. The predicted molar refractivity (Wildman–Crippen MR) is 105 cm³/mol. The largest absolute Gasteiger partial charge is 0.494 e. The lowest BCUT2D eigenvalue weighted by Gasteiger charge is -2.16. The SMILES string of the molecule is CCOc1cccc(C(C)NC(=O)c2nn(CC)c(=O)c3ccccc23)c1. The predicted octanol–water partition coefficient (Wildman–Crippen LogP) is 3.31. The summed E-state index contributed by atoms with van der Waals surface area (Å²) in [5.74, 6) is 0.446. The highest BCUT2D eigenvalue weighted by Gasteiger charge is 2.18. The molecule has 0 saturated heterocycles. The number of amides is 1. The third kappa shape index (κ3) is 3.84. The molecular formula is C21H23N3O3. The van der Waals surface area contributed by atoms with Crippen molar-refractivity contribution in [1.82, 2.24) is 15.1 Å². The molecule has 6 nitrogen and oxygen atoms in total. The summed E-state index contributed by atoms with van der Waals surface area (Å²) in [6.07, 6.45) is 0. The molecule has 1 amide bonds. The fourth-order valence-corrected chi connectivity index (χ4v) is 3.01. The first-order valence-electron chi connectivity index (χ1n) is 9.08. The number of hydrogen-bond donors (Lipinski definition) is 1. The maximum atomic E-state index is 12.9. The number of aryl methyl sites for hydroxylation is 1. The Morgan fingerprint density at radius 1 is 1.15 bits per heavy atom. The second-order valence-electron chi connectivity index (χ2n) is 6.22. The number of rotatable bonds is 6. The van der Waals surface area contributed by atoms with Crippen LogP contribution in [0.5, 0.6) is 5.75 Å². The molecule has 1 N–H and O–H groups in total. The van der Waals surface area contributed by atoms with Gasteiger partial charge in [-0.05, 0) is 44.5 Å². The monoisotopic (exact) mass is 365 g/mol. The van der Waals surface area contributed by atoms with E-state index in [9.17, 15) is 9.59 Å². The summed E-state index contributed by atoms with van der Waals surface area (Å²) in [5.41, 5.74) is 0.990. The summed E-state index contributed by atoms with van der Waals surface area (Å²) in [7, 11) is 0. The molecule has 1 unspecified atom stereocenters. The van der Waals surface area contributed by atoms with Gasteiger partial charge in [0.05, 0.1) is 18.0 Å². The number of fused-ring (bicyclic) bond motifs is 1. The van der Waals surface area contributed by atoms with Crippen molar-refractivity contribution in [1.29, 1.82) is 0 Å². The van der Waals surface area contributed by atoms with Crippen LogP contribution in [0.25, 0.3) is 10.8 Å². The minimum atomic E-state index is -0.317. The maximum Gasteiger partial charge on any atom is 0.274 e. The van der Waals surface area contributed by atoms with E-state index in [1.807, 2.05) is 45.0 Å². The lowest BCUT2D eigenvalue weighted by Crippen LogP contribution is -2.31. The third-order valence-electron chi connectivity index (χ3n) is 4.40. The van der Waals surface area contributed by atoms with Gasteiger partial charge < -0.3 is 10.1 Å². The van der Waals surface area contributed by atoms with Crippen LogP contribution in [0, 0.1) is 0 Å². The van der Waals surface area contributed by atoms with Gasteiger partial charge in [0.2, 0.25) is 0 Å². The Balaban J connectivity index is 1.93. The van der Waals surface area contributed by atoms with Crippen molar-refractivity contribution in [3.05, 3.63) is 70.1 Å². The zero-order valence-corrected chi connectivity index (χ0v) is 15.7. The van der Waals surface area contributed by atoms with Crippen molar-refractivity contribution in [2.24, 2.45) is 0 Å². The number of benzene rings is 2. The Morgan fingerprint density at radius 2 is 1.89 bits per heavy atom. The Kier molecular flexibility index (Phi) is 5.54. The number of carbonyl (C=O) groups excluding carboxylic acids is 1. The average molecular weight is 365 g/mol. The lowest BCUT2D eigenvalue weighted by molar-refractivity contribution is 0.0934. The summed E-state index contributed by atoms with van der Waals surface area (Å²) in [6.45, 7) is 6.64. The van der Waals surface area contributed by atoms with E-state index >= 15 is 0 Å². The van der Waals surface area contributed by atoms with Crippen molar-refractivity contribution >= 4 is 16.7 Å². The first kappa shape index (κ1) is 18.6. The highest BCUT2D eigenvalue weighted by molar-refractivity contribution is 6.04. The van der Waals surface area contributed by atoms with Crippen molar-refractivity contribution in [3.8, 4) is 5.75 Å². The van der Waals surface area contributed by atoms with Crippen LogP contribution in [0.1, 0.15) is 42.9 Å². The quantitative estimate of drug-likeness (QED) is 0.727. The minimum Gasteiger partial charge on any atom is -0.494 e. The molecule has 0 radical (unpaired) electrons. The van der Waals surface area contributed by atoms with Crippen molar-refractivity contribution in [3.63, 3.8) is 0 Å². The number of hydrogen-bond acceptors (Lipinski definition) is 4. The van der Waals surface area contributed by atoms with Gasteiger partial charge in [-0.15, -0.1) is 0 Å². The van der Waals surface area contributed by atoms with Crippen LogP contribution in [-0.2, 0) is 6.54 Å².